The van der Waals surface area contributed by atoms with Crippen LogP contribution in [0.3, 0.4) is 0 Å². The van der Waals surface area contributed by atoms with Crippen molar-refractivity contribution in [2.75, 3.05) is 33.4 Å². The van der Waals surface area contributed by atoms with Crippen molar-refractivity contribution in [3.8, 4) is 0 Å². The lowest BCUT2D eigenvalue weighted by Gasteiger charge is -2.49. The molecule has 2 rings (SSSR count). The van der Waals surface area contributed by atoms with Gasteiger partial charge in [-0.2, -0.15) is 0 Å². The highest BCUT2D eigenvalue weighted by Gasteiger charge is 2.42. The first-order valence-electron chi connectivity index (χ1n) is 8.42. The van der Waals surface area contributed by atoms with Gasteiger partial charge >= 0.3 is 0 Å². The van der Waals surface area contributed by atoms with E-state index in [-0.39, 0.29) is 29.5 Å². The molecule has 0 bridgehead atoms. The van der Waals surface area contributed by atoms with Crippen LogP contribution < -0.4 is 0 Å². The zero-order chi connectivity index (χ0) is 17.3. The normalized spacial score (nSPS) is 27.7. The molecule has 0 radical (unpaired) electrons. The maximum absolute atomic E-state index is 12.9. The summed E-state index contributed by atoms with van der Waals surface area (Å²) in [5, 5.41) is 0. The largest absolute Gasteiger partial charge is 0.372 e. The van der Waals surface area contributed by atoms with Crippen LogP contribution in [0.4, 0.5) is 0 Å². The monoisotopic (exact) mass is 326 g/mol. The van der Waals surface area contributed by atoms with Crippen molar-refractivity contribution < 1.29 is 19.1 Å². The summed E-state index contributed by atoms with van der Waals surface area (Å²) in [7, 11) is 1.56. The van der Waals surface area contributed by atoms with Crippen LogP contribution in [0.5, 0.6) is 0 Å². The Morgan fingerprint density at radius 1 is 1.30 bits per heavy atom. The van der Waals surface area contributed by atoms with Crippen molar-refractivity contribution in [1.29, 1.82) is 0 Å². The van der Waals surface area contributed by atoms with Crippen LogP contribution in [0.15, 0.2) is 0 Å². The molecule has 6 heteroatoms. The number of hydrogen-bond donors (Lipinski definition) is 0. The second kappa shape index (κ2) is 6.77. The standard InChI is InChI=1S/C17H30N2O4/c1-16(2)12-23-17(3,4)11-19(16)14(20)10-18-9-7-6-8-13(22-5)15(18)21/h13H,6-12H2,1-5H3. The van der Waals surface area contributed by atoms with Crippen molar-refractivity contribution >= 4 is 11.8 Å². The molecule has 0 aromatic heterocycles. The first-order chi connectivity index (χ1) is 10.7. The minimum atomic E-state index is -0.417. The molecule has 2 heterocycles. The molecule has 2 fully saturated rings. The Balaban J connectivity index is 2.08. The third kappa shape index (κ3) is 4.23. The fourth-order valence-electron chi connectivity index (χ4n) is 3.21. The first-order valence-corrected chi connectivity index (χ1v) is 8.42. The molecule has 0 aromatic carbocycles. The molecule has 0 spiro atoms. The second-order valence-corrected chi connectivity index (χ2v) is 7.82. The molecule has 2 aliphatic rings. The smallest absolute Gasteiger partial charge is 0.252 e. The number of morpholine rings is 1. The number of rotatable bonds is 3. The number of amides is 2. The molecule has 2 saturated heterocycles. The summed E-state index contributed by atoms with van der Waals surface area (Å²) in [5.74, 6) is -0.0832. The molecule has 1 unspecified atom stereocenters. The summed E-state index contributed by atoms with van der Waals surface area (Å²) in [4.78, 5) is 28.9. The van der Waals surface area contributed by atoms with Gasteiger partial charge in [0.15, 0.2) is 0 Å². The van der Waals surface area contributed by atoms with Crippen LogP contribution in [0.1, 0.15) is 47.0 Å². The highest BCUT2D eigenvalue weighted by Crippen LogP contribution is 2.28. The van der Waals surface area contributed by atoms with Crippen LogP contribution in [0.2, 0.25) is 0 Å². The number of carbonyl (C=O) groups excluding carboxylic acids is 2. The van der Waals surface area contributed by atoms with Crippen molar-refractivity contribution in [3.63, 3.8) is 0 Å². The van der Waals surface area contributed by atoms with Crippen LogP contribution in [0, 0.1) is 0 Å². The number of hydrogen-bond acceptors (Lipinski definition) is 4. The van der Waals surface area contributed by atoms with E-state index in [2.05, 4.69) is 0 Å². The maximum Gasteiger partial charge on any atom is 0.252 e. The lowest BCUT2D eigenvalue weighted by molar-refractivity contribution is -0.171. The summed E-state index contributed by atoms with van der Waals surface area (Å²) in [6.07, 6.45) is 2.18. The van der Waals surface area contributed by atoms with Gasteiger partial charge in [0.25, 0.3) is 5.91 Å². The minimum absolute atomic E-state index is 0.0171. The van der Waals surface area contributed by atoms with Gasteiger partial charge < -0.3 is 19.3 Å². The van der Waals surface area contributed by atoms with Crippen LogP contribution in [-0.4, -0.2) is 72.2 Å². The van der Waals surface area contributed by atoms with E-state index < -0.39 is 6.10 Å². The number of nitrogens with zero attached hydrogens (tertiary/aromatic N) is 2. The van der Waals surface area contributed by atoms with Gasteiger partial charge in [0.05, 0.1) is 24.3 Å². The van der Waals surface area contributed by atoms with Crippen molar-refractivity contribution in [1.82, 2.24) is 9.80 Å². The summed E-state index contributed by atoms with van der Waals surface area (Å²) in [6, 6.07) is 0. The third-order valence-corrected chi connectivity index (χ3v) is 4.73. The maximum atomic E-state index is 12.9. The Kier molecular flexibility index (Phi) is 5.36. The Morgan fingerprint density at radius 2 is 2.00 bits per heavy atom. The van der Waals surface area contributed by atoms with E-state index >= 15 is 0 Å². The molecule has 0 N–H and O–H groups in total. The van der Waals surface area contributed by atoms with E-state index in [4.69, 9.17) is 9.47 Å². The molecule has 6 nitrogen and oxygen atoms in total. The molecule has 2 aliphatic heterocycles. The van der Waals surface area contributed by atoms with Gasteiger partial charge in [-0.05, 0) is 47.0 Å². The van der Waals surface area contributed by atoms with Crippen LogP contribution >= 0.6 is 0 Å². The SMILES string of the molecule is COC1CCCCN(CC(=O)N2CC(C)(C)OCC2(C)C)C1=O. The predicted octanol–water partition coefficient (Wildman–Crippen LogP) is 1.43. The number of likely N-dealkylation sites (tertiary alicyclic amines) is 1. The number of methoxy groups -OCH3 is 1. The average molecular weight is 326 g/mol. The lowest BCUT2D eigenvalue weighted by atomic mass is 9.96. The number of ether oxygens (including phenoxy) is 2. The van der Waals surface area contributed by atoms with Gasteiger partial charge in [-0.25, -0.2) is 0 Å². The Bertz CT molecular complexity index is 462. The average Bonchev–Trinajstić information content (AvgIpc) is 2.64. The molecular formula is C17H30N2O4. The minimum Gasteiger partial charge on any atom is -0.372 e. The van der Waals surface area contributed by atoms with E-state index in [1.807, 2.05) is 32.6 Å². The highest BCUT2D eigenvalue weighted by molar-refractivity contribution is 5.87. The van der Waals surface area contributed by atoms with E-state index in [1.165, 1.54) is 0 Å². The molecule has 2 amide bonds. The first kappa shape index (κ1) is 18.2. The second-order valence-electron chi connectivity index (χ2n) is 7.82. The van der Waals surface area contributed by atoms with Gasteiger partial charge in [0.2, 0.25) is 5.91 Å². The third-order valence-electron chi connectivity index (χ3n) is 4.73. The highest BCUT2D eigenvalue weighted by atomic mass is 16.5. The fourth-order valence-corrected chi connectivity index (χ4v) is 3.21. The Labute approximate surface area is 139 Å². The molecular weight excluding hydrogens is 296 g/mol. The topological polar surface area (TPSA) is 59.1 Å². The van der Waals surface area contributed by atoms with Gasteiger partial charge in [0.1, 0.15) is 6.10 Å². The van der Waals surface area contributed by atoms with E-state index in [9.17, 15) is 9.59 Å². The van der Waals surface area contributed by atoms with Gasteiger partial charge in [-0.15, -0.1) is 0 Å². The predicted molar refractivity (Wildman–Crippen MR) is 87.1 cm³/mol. The van der Waals surface area contributed by atoms with Crippen molar-refractivity contribution in [3.05, 3.63) is 0 Å². The van der Waals surface area contributed by atoms with Gasteiger partial charge in [-0.3, -0.25) is 9.59 Å². The zero-order valence-electron chi connectivity index (χ0n) is 15.1. The van der Waals surface area contributed by atoms with Crippen LogP contribution in [0.25, 0.3) is 0 Å². The van der Waals surface area contributed by atoms with Crippen molar-refractivity contribution in [2.24, 2.45) is 0 Å². The Morgan fingerprint density at radius 3 is 2.65 bits per heavy atom. The van der Waals surface area contributed by atoms with E-state index in [0.29, 0.717) is 19.7 Å². The quantitative estimate of drug-likeness (QED) is 0.787. The lowest BCUT2D eigenvalue weighted by Crippen LogP contribution is -2.63. The molecule has 23 heavy (non-hydrogen) atoms. The van der Waals surface area contributed by atoms with Crippen molar-refractivity contribution in [2.45, 2.75) is 64.2 Å². The molecule has 0 aromatic rings. The summed E-state index contributed by atoms with van der Waals surface area (Å²) in [6.45, 7) is 9.76. The summed E-state index contributed by atoms with van der Waals surface area (Å²) in [5.41, 5.74) is -0.717. The fraction of sp³-hybridized carbons (Fsp3) is 0.882. The van der Waals surface area contributed by atoms with E-state index in [0.717, 1.165) is 19.3 Å². The summed E-state index contributed by atoms with van der Waals surface area (Å²) < 4.78 is 11.1. The van der Waals surface area contributed by atoms with Gasteiger partial charge in [-0.1, -0.05) is 0 Å². The molecule has 132 valence electrons. The van der Waals surface area contributed by atoms with E-state index in [1.54, 1.807) is 12.0 Å². The van der Waals surface area contributed by atoms with Gasteiger partial charge in [0, 0.05) is 20.2 Å². The number of carbonyl (C=O) groups is 2. The van der Waals surface area contributed by atoms with Crippen LogP contribution in [-0.2, 0) is 19.1 Å². The molecule has 0 saturated carbocycles. The molecule has 0 aliphatic carbocycles. The zero-order valence-corrected chi connectivity index (χ0v) is 15.1. The Hall–Kier alpha value is -1.14. The molecule has 1 atom stereocenters. The summed E-state index contributed by atoms with van der Waals surface area (Å²) >= 11 is 0.